The summed E-state index contributed by atoms with van der Waals surface area (Å²) >= 11 is 0. The van der Waals surface area contributed by atoms with Gasteiger partial charge >= 0.3 is 13.6 Å². The number of nitrogens with zero attached hydrogens (tertiary/aromatic N) is 3. The van der Waals surface area contributed by atoms with Crippen LogP contribution in [-0.2, 0) is 18.3 Å². The van der Waals surface area contributed by atoms with Gasteiger partial charge in [0.1, 0.15) is 10.9 Å². The molecule has 2 rings (SSSR count). The number of rotatable bonds is 7. The van der Waals surface area contributed by atoms with E-state index in [1.165, 1.54) is 4.52 Å². The van der Waals surface area contributed by atoms with E-state index in [9.17, 15) is 9.36 Å². The molecule has 2 heterocycles. The first kappa shape index (κ1) is 19.6. The van der Waals surface area contributed by atoms with Gasteiger partial charge in [0, 0.05) is 0 Å². The van der Waals surface area contributed by atoms with Crippen molar-refractivity contribution in [2.45, 2.75) is 41.5 Å². The second-order valence-corrected chi connectivity index (χ2v) is 7.34. The van der Waals surface area contributed by atoms with Crippen molar-refractivity contribution in [2.75, 3.05) is 19.8 Å². The SMILES string of the molecule is CCOC(=O)c1c(P(=O)(OCC)OCC)c2nc(C)c(C)nn2c1C. The van der Waals surface area contributed by atoms with E-state index in [1.54, 1.807) is 34.6 Å². The summed E-state index contributed by atoms with van der Waals surface area (Å²) in [5, 5.41) is 4.56. The van der Waals surface area contributed by atoms with Crippen LogP contribution in [0.25, 0.3) is 5.65 Å². The van der Waals surface area contributed by atoms with Crippen LogP contribution < -0.4 is 5.30 Å². The fourth-order valence-corrected chi connectivity index (χ4v) is 4.48. The van der Waals surface area contributed by atoms with E-state index >= 15 is 0 Å². The molecule has 0 spiro atoms. The maximum atomic E-state index is 13.4. The van der Waals surface area contributed by atoms with Crippen molar-refractivity contribution in [3.63, 3.8) is 0 Å². The molecule has 8 nitrogen and oxygen atoms in total. The normalized spacial score (nSPS) is 11.9. The fraction of sp³-hybridized carbons (Fsp3) is 0.562. The Morgan fingerprint density at radius 1 is 1.04 bits per heavy atom. The quantitative estimate of drug-likeness (QED) is 0.547. The van der Waals surface area contributed by atoms with Gasteiger partial charge in [0.15, 0.2) is 5.65 Å². The maximum Gasteiger partial charge on any atom is 0.366 e. The van der Waals surface area contributed by atoms with Crippen LogP contribution in [0.15, 0.2) is 0 Å². The largest absolute Gasteiger partial charge is 0.462 e. The van der Waals surface area contributed by atoms with Crippen molar-refractivity contribution >= 4 is 24.5 Å². The lowest BCUT2D eigenvalue weighted by Gasteiger charge is -2.17. The van der Waals surface area contributed by atoms with E-state index < -0.39 is 13.6 Å². The summed E-state index contributed by atoms with van der Waals surface area (Å²) in [5.41, 5.74) is 2.28. The highest BCUT2D eigenvalue weighted by atomic mass is 31.2. The predicted octanol–water partition coefficient (Wildman–Crippen LogP) is 2.72. The number of carbonyl (C=O) groups excluding carboxylic acids is 1. The average Bonchev–Trinajstić information content (AvgIpc) is 2.82. The molecule has 0 radical (unpaired) electrons. The summed E-state index contributed by atoms with van der Waals surface area (Å²) in [6.45, 7) is 11.0. The van der Waals surface area contributed by atoms with Crippen molar-refractivity contribution in [1.82, 2.24) is 14.6 Å². The van der Waals surface area contributed by atoms with Crippen LogP contribution in [0.3, 0.4) is 0 Å². The van der Waals surface area contributed by atoms with E-state index in [2.05, 4.69) is 10.1 Å². The lowest BCUT2D eigenvalue weighted by molar-refractivity contribution is 0.0526. The zero-order valence-corrected chi connectivity index (χ0v) is 16.3. The minimum absolute atomic E-state index is 0.114. The number of esters is 1. The minimum Gasteiger partial charge on any atom is -0.462 e. The van der Waals surface area contributed by atoms with Gasteiger partial charge in [-0.3, -0.25) is 4.57 Å². The molecular formula is C16H24N3O5P. The van der Waals surface area contributed by atoms with E-state index in [0.29, 0.717) is 17.1 Å². The van der Waals surface area contributed by atoms with Crippen LogP contribution in [0.1, 0.15) is 48.2 Å². The lowest BCUT2D eigenvalue weighted by atomic mass is 10.2. The molecular weight excluding hydrogens is 345 g/mol. The molecule has 2 aromatic heterocycles. The van der Waals surface area contributed by atoms with E-state index in [1.807, 2.05) is 6.92 Å². The van der Waals surface area contributed by atoms with Crippen molar-refractivity contribution in [3.05, 3.63) is 22.6 Å². The molecule has 0 saturated carbocycles. The monoisotopic (exact) mass is 369 g/mol. The summed E-state index contributed by atoms with van der Waals surface area (Å²) < 4.78 is 31.0. The van der Waals surface area contributed by atoms with Crippen molar-refractivity contribution in [3.8, 4) is 0 Å². The molecule has 138 valence electrons. The summed E-state index contributed by atoms with van der Waals surface area (Å²) in [5.74, 6) is -0.600. The van der Waals surface area contributed by atoms with Gasteiger partial charge in [0.2, 0.25) is 0 Å². The highest BCUT2D eigenvalue weighted by Crippen LogP contribution is 2.49. The lowest BCUT2D eigenvalue weighted by Crippen LogP contribution is -2.20. The third-order valence-electron chi connectivity index (χ3n) is 3.73. The van der Waals surface area contributed by atoms with Gasteiger partial charge in [-0.25, -0.2) is 14.3 Å². The van der Waals surface area contributed by atoms with E-state index in [4.69, 9.17) is 13.8 Å². The molecule has 0 aromatic carbocycles. The maximum absolute atomic E-state index is 13.4. The standard InChI is InChI=1S/C16H24N3O5P/c1-7-22-16(20)13-12(6)19-15(17-10(4)11(5)18-19)14(13)25(21,23-8-2)24-9-3/h7-9H2,1-6H3. The van der Waals surface area contributed by atoms with Gasteiger partial charge in [-0.05, 0) is 41.5 Å². The van der Waals surface area contributed by atoms with E-state index in [0.717, 1.165) is 0 Å². The highest BCUT2D eigenvalue weighted by molar-refractivity contribution is 7.63. The molecule has 0 saturated heterocycles. The van der Waals surface area contributed by atoms with Gasteiger partial charge in [-0.2, -0.15) is 5.10 Å². The van der Waals surface area contributed by atoms with Gasteiger partial charge in [0.05, 0.1) is 36.9 Å². The van der Waals surface area contributed by atoms with Crippen molar-refractivity contribution < 1.29 is 23.1 Å². The highest BCUT2D eigenvalue weighted by Gasteiger charge is 2.39. The Balaban J connectivity index is 2.91. The average molecular weight is 369 g/mol. The topological polar surface area (TPSA) is 92.0 Å². The Hall–Kier alpha value is -1.76. The number of carbonyl (C=O) groups is 1. The fourth-order valence-electron chi connectivity index (χ4n) is 2.55. The number of hydrogen-bond acceptors (Lipinski definition) is 7. The summed E-state index contributed by atoms with van der Waals surface area (Å²) in [6.07, 6.45) is 0. The number of ether oxygens (including phenoxy) is 1. The number of aromatic nitrogens is 3. The third-order valence-corrected chi connectivity index (χ3v) is 5.90. The molecule has 25 heavy (non-hydrogen) atoms. The second-order valence-electron chi connectivity index (χ2n) is 5.38. The molecule has 0 bridgehead atoms. The molecule has 9 heteroatoms. The Morgan fingerprint density at radius 3 is 2.16 bits per heavy atom. The molecule has 0 aliphatic heterocycles. The van der Waals surface area contributed by atoms with Gasteiger partial charge in [-0.1, -0.05) is 0 Å². The zero-order valence-electron chi connectivity index (χ0n) is 15.5. The summed E-state index contributed by atoms with van der Waals surface area (Å²) in [7, 11) is -3.77. The predicted molar refractivity (Wildman–Crippen MR) is 93.6 cm³/mol. The van der Waals surface area contributed by atoms with Crippen LogP contribution in [0.2, 0.25) is 0 Å². The summed E-state index contributed by atoms with van der Waals surface area (Å²) in [4.78, 5) is 17.0. The van der Waals surface area contributed by atoms with Gasteiger partial charge in [0.25, 0.3) is 0 Å². The van der Waals surface area contributed by atoms with Crippen LogP contribution in [0.4, 0.5) is 0 Å². The minimum atomic E-state index is -3.77. The molecule has 0 aliphatic rings. The Bertz CT molecular complexity index is 836. The Kier molecular flexibility index (Phi) is 5.98. The zero-order chi connectivity index (χ0) is 18.8. The number of hydrogen-bond donors (Lipinski definition) is 0. The Morgan fingerprint density at radius 2 is 1.64 bits per heavy atom. The number of aryl methyl sites for hydroxylation is 3. The van der Waals surface area contributed by atoms with Crippen LogP contribution >= 0.6 is 7.60 Å². The number of fused-ring (bicyclic) bond motifs is 1. The third kappa shape index (κ3) is 3.47. The van der Waals surface area contributed by atoms with Gasteiger partial charge < -0.3 is 13.8 Å². The molecule has 2 aromatic rings. The first-order chi connectivity index (χ1) is 11.8. The van der Waals surface area contributed by atoms with Gasteiger partial charge in [-0.15, -0.1) is 0 Å². The molecule has 0 fully saturated rings. The second kappa shape index (κ2) is 7.64. The van der Waals surface area contributed by atoms with E-state index in [-0.39, 0.29) is 36.3 Å². The smallest absolute Gasteiger partial charge is 0.366 e. The first-order valence-electron chi connectivity index (χ1n) is 8.23. The molecule has 0 aliphatic carbocycles. The van der Waals surface area contributed by atoms with Crippen molar-refractivity contribution in [2.24, 2.45) is 0 Å². The first-order valence-corrected chi connectivity index (χ1v) is 9.78. The molecule has 0 atom stereocenters. The summed E-state index contributed by atoms with van der Waals surface area (Å²) in [6, 6.07) is 0. The van der Waals surface area contributed by atoms with Crippen LogP contribution in [0, 0.1) is 20.8 Å². The molecule has 0 unspecified atom stereocenters. The van der Waals surface area contributed by atoms with Crippen LogP contribution in [0.5, 0.6) is 0 Å². The molecule has 0 N–H and O–H groups in total. The van der Waals surface area contributed by atoms with Crippen LogP contribution in [-0.4, -0.2) is 40.4 Å². The molecule has 0 amide bonds. The Labute approximate surface area is 147 Å². The van der Waals surface area contributed by atoms with Crippen molar-refractivity contribution in [1.29, 1.82) is 0 Å².